The molecule has 3 atom stereocenters. The Hall–Kier alpha value is -1.29. The topological polar surface area (TPSA) is 149 Å². The number of unbranched alkanes of at least 4 members (excludes halogenated alkanes) is 7. The van der Waals surface area contributed by atoms with Crippen LogP contribution in [0.3, 0.4) is 0 Å². The Kier molecular flexibility index (Phi) is 18.4. The number of allylic oxidation sites excluding steroid dienone is 2. The normalized spacial score (nSPS) is 15.3. The Morgan fingerprint density at radius 1 is 0.969 bits per heavy atom. The second-order valence-corrected chi connectivity index (χ2v) is 8.85. The lowest BCUT2D eigenvalue weighted by Crippen LogP contribution is -2.29. The van der Waals surface area contributed by atoms with E-state index in [4.69, 9.17) is 24.2 Å². The Bertz CT molecular complexity index is 581. The van der Waals surface area contributed by atoms with Gasteiger partial charge in [0.05, 0.1) is 19.8 Å². The molecular formula is C21H39O10P. The van der Waals surface area contributed by atoms with Gasteiger partial charge >= 0.3 is 19.8 Å². The number of carbonyl (C=O) groups excluding carboxylic acids is 2. The smallest absolute Gasteiger partial charge is 0.462 e. The third-order valence-corrected chi connectivity index (χ3v) is 5.27. The Balaban J connectivity index is 4.21. The third-order valence-electron chi connectivity index (χ3n) is 4.32. The highest BCUT2D eigenvalue weighted by Gasteiger charge is 2.26. The van der Waals surface area contributed by atoms with Gasteiger partial charge in [-0.05, 0) is 26.2 Å². The van der Waals surface area contributed by atoms with Gasteiger partial charge in [-0.3, -0.25) is 18.6 Å². The molecule has 0 aromatic rings. The molecule has 0 bridgehead atoms. The monoisotopic (exact) mass is 482 g/mol. The molecule has 10 nitrogen and oxygen atoms in total. The highest BCUT2D eigenvalue weighted by Crippen LogP contribution is 2.43. The molecule has 0 rings (SSSR count). The third kappa shape index (κ3) is 19.4. The van der Waals surface area contributed by atoms with Gasteiger partial charge in [0.2, 0.25) is 0 Å². The van der Waals surface area contributed by atoms with E-state index in [1.165, 1.54) is 26.2 Å². The van der Waals surface area contributed by atoms with E-state index >= 15 is 0 Å². The van der Waals surface area contributed by atoms with E-state index in [1.807, 2.05) is 6.92 Å². The lowest BCUT2D eigenvalue weighted by Gasteiger charge is -2.20. The summed E-state index contributed by atoms with van der Waals surface area (Å²) in [4.78, 5) is 32.7. The van der Waals surface area contributed by atoms with Gasteiger partial charge in [0, 0.05) is 13.3 Å². The van der Waals surface area contributed by atoms with Crippen LogP contribution in [0, 0.1) is 0 Å². The first-order valence-electron chi connectivity index (χ1n) is 11.0. The number of rotatable bonds is 20. The van der Waals surface area contributed by atoms with Crippen LogP contribution in [0.4, 0.5) is 0 Å². The van der Waals surface area contributed by atoms with E-state index in [1.54, 1.807) is 0 Å². The Labute approximate surface area is 190 Å². The maximum Gasteiger partial charge on any atom is 0.472 e. The standard InChI is InChI=1S/C21H39O10P/c1-3-4-5-6-7-8-9-10-11-12-13-21(25)31-20(16-28-18(2)23)17-30-32(26,27)29-15-19(24)14-22/h3-4,19-20,22,24H,5-17H2,1-2H3,(H,26,27)/b4-3+/t19-,20+/m0/s1. The van der Waals surface area contributed by atoms with Gasteiger partial charge < -0.3 is 24.6 Å². The molecule has 0 aromatic carbocycles. The van der Waals surface area contributed by atoms with E-state index in [0.717, 1.165) is 25.7 Å². The number of hydrogen-bond acceptors (Lipinski definition) is 9. The molecule has 188 valence electrons. The minimum absolute atomic E-state index is 0.174. The number of aliphatic hydroxyl groups is 2. The summed E-state index contributed by atoms with van der Waals surface area (Å²) in [6, 6.07) is 0. The maximum atomic E-state index is 12.1. The summed E-state index contributed by atoms with van der Waals surface area (Å²) in [6.45, 7) is 1.04. The number of hydrogen-bond donors (Lipinski definition) is 3. The van der Waals surface area contributed by atoms with Crippen molar-refractivity contribution in [2.24, 2.45) is 0 Å². The Morgan fingerprint density at radius 2 is 1.56 bits per heavy atom. The highest BCUT2D eigenvalue weighted by molar-refractivity contribution is 7.47. The fourth-order valence-electron chi connectivity index (χ4n) is 2.60. The van der Waals surface area contributed by atoms with Crippen molar-refractivity contribution in [3.8, 4) is 0 Å². The van der Waals surface area contributed by atoms with Crippen LogP contribution in [0.25, 0.3) is 0 Å². The van der Waals surface area contributed by atoms with Crippen LogP contribution < -0.4 is 0 Å². The minimum atomic E-state index is -4.56. The number of carbonyl (C=O) groups is 2. The van der Waals surface area contributed by atoms with Crippen molar-refractivity contribution in [3.63, 3.8) is 0 Å². The fraction of sp³-hybridized carbons (Fsp3) is 0.810. The zero-order valence-corrected chi connectivity index (χ0v) is 20.0. The summed E-state index contributed by atoms with van der Waals surface area (Å²) in [5.41, 5.74) is 0. The van der Waals surface area contributed by atoms with Gasteiger partial charge in [-0.25, -0.2) is 4.57 Å². The second kappa shape index (κ2) is 19.2. The SMILES string of the molecule is C/C=C/CCCCCCCCCC(=O)O[C@H](COC(C)=O)COP(=O)(O)OC[C@@H](O)CO. The molecule has 0 aliphatic rings. The lowest BCUT2D eigenvalue weighted by molar-refractivity contribution is -0.160. The van der Waals surface area contributed by atoms with Crippen molar-refractivity contribution < 1.29 is 47.8 Å². The van der Waals surface area contributed by atoms with Crippen LogP contribution in [-0.2, 0) is 32.7 Å². The molecule has 0 heterocycles. The summed E-state index contributed by atoms with van der Waals surface area (Å²) in [5, 5.41) is 17.9. The van der Waals surface area contributed by atoms with Crippen LogP contribution in [0.5, 0.6) is 0 Å². The largest absolute Gasteiger partial charge is 0.472 e. The number of ether oxygens (including phenoxy) is 2. The molecule has 0 aliphatic heterocycles. The van der Waals surface area contributed by atoms with Crippen LogP contribution >= 0.6 is 7.82 Å². The zero-order valence-electron chi connectivity index (χ0n) is 19.1. The highest BCUT2D eigenvalue weighted by atomic mass is 31.2. The van der Waals surface area contributed by atoms with Crippen molar-refractivity contribution in [1.82, 2.24) is 0 Å². The van der Waals surface area contributed by atoms with Crippen molar-refractivity contribution >= 4 is 19.8 Å². The van der Waals surface area contributed by atoms with Gasteiger partial charge in [0.1, 0.15) is 12.7 Å². The molecule has 0 aromatic heterocycles. The molecule has 11 heteroatoms. The molecule has 0 amide bonds. The summed E-state index contributed by atoms with van der Waals surface area (Å²) >= 11 is 0. The lowest BCUT2D eigenvalue weighted by atomic mass is 10.1. The first kappa shape index (κ1) is 30.7. The molecule has 0 fully saturated rings. The van der Waals surface area contributed by atoms with Gasteiger partial charge in [-0.1, -0.05) is 44.3 Å². The van der Waals surface area contributed by atoms with Crippen molar-refractivity contribution in [2.45, 2.75) is 83.8 Å². The van der Waals surface area contributed by atoms with Gasteiger partial charge in [-0.2, -0.15) is 0 Å². The molecule has 3 N–H and O–H groups in total. The van der Waals surface area contributed by atoms with E-state index in [-0.39, 0.29) is 13.0 Å². The van der Waals surface area contributed by atoms with E-state index in [9.17, 15) is 19.0 Å². The predicted molar refractivity (Wildman–Crippen MR) is 118 cm³/mol. The summed E-state index contributed by atoms with van der Waals surface area (Å²) < 4.78 is 31.1. The molecule has 0 aliphatic carbocycles. The molecular weight excluding hydrogens is 443 g/mol. The van der Waals surface area contributed by atoms with Crippen LogP contribution in [0.1, 0.15) is 71.6 Å². The number of aliphatic hydroxyl groups excluding tert-OH is 2. The van der Waals surface area contributed by atoms with E-state index in [2.05, 4.69) is 16.7 Å². The van der Waals surface area contributed by atoms with Crippen molar-refractivity contribution in [1.29, 1.82) is 0 Å². The van der Waals surface area contributed by atoms with Gasteiger partial charge in [0.25, 0.3) is 0 Å². The molecule has 0 spiro atoms. The summed E-state index contributed by atoms with van der Waals surface area (Å²) in [6.07, 6.45) is 10.3. The fourth-order valence-corrected chi connectivity index (χ4v) is 3.39. The average molecular weight is 483 g/mol. The number of phosphoric acid groups is 1. The first-order chi connectivity index (χ1) is 15.2. The molecule has 1 unspecified atom stereocenters. The van der Waals surface area contributed by atoms with E-state index < -0.39 is 51.8 Å². The molecule has 32 heavy (non-hydrogen) atoms. The predicted octanol–water partition coefficient (Wildman–Crippen LogP) is 3.04. The Morgan fingerprint density at radius 3 is 2.16 bits per heavy atom. The van der Waals surface area contributed by atoms with Crippen LogP contribution in [0.2, 0.25) is 0 Å². The van der Waals surface area contributed by atoms with E-state index in [0.29, 0.717) is 6.42 Å². The molecule has 0 radical (unpaired) electrons. The molecule has 0 saturated heterocycles. The summed E-state index contributed by atoms with van der Waals surface area (Å²) in [7, 11) is -4.56. The summed E-state index contributed by atoms with van der Waals surface area (Å²) in [5.74, 6) is -1.13. The van der Waals surface area contributed by atoms with Crippen molar-refractivity contribution in [2.75, 3.05) is 26.4 Å². The first-order valence-corrected chi connectivity index (χ1v) is 12.5. The maximum absolute atomic E-state index is 12.1. The quantitative estimate of drug-likeness (QED) is 0.102. The minimum Gasteiger partial charge on any atom is -0.462 e. The van der Waals surface area contributed by atoms with Gasteiger partial charge in [-0.15, -0.1) is 0 Å². The zero-order chi connectivity index (χ0) is 24.2. The van der Waals surface area contributed by atoms with Crippen LogP contribution in [0.15, 0.2) is 12.2 Å². The second-order valence-electron chi connectivity index (χ2n) is 7.39. The van der Waals surface area contributed by atoms with Gasteiger partial charge in [0.15, 0.2) is 6.10 Å². The number of phosphoric ester groups is 1. The average Bonchev–Trinajstić information content (AvgIpc) is 2.75. The van der Waals surface area contributed by atoms with Crippen molar-refractivity contribution in [3.05, 3.63) is 12.2 Å². The molecule has 0 saturated carbocycles. The number of esters is 2. The van der Waals surface area contributed by atoms with Crippen LogP contribution in [-0.4, -0.2) is 65.7 Å².